The number of rotatable bonds is 3. The lowest BCUT2D eigenvalue weighted by molar-refractivity contribution is 0.479. The summed E-state index contributed by atoms with van der Waals surface area (Å²) >= 11 is 0. The van der Waals surface area contributed by atoms with Gasteiger partial charge in [-0.2, -0.15) is 0 Å². The largest absolute Gasteiger partial charge is 0.377 e. The third kappa shape index (κ3) is 2.88. The number of H-pyrrole nitrogens is 1. The first-order chi connectivity index (χ1) is 9.83. The molecule has 0 aromatic carbocycles. The smallest absolute Gasteiger partial charge is 0.271 e. The molecule has 2 aromatic heterocycles. The number of aromatic amines is 1. The SMILES string of the molecule is O=c1[nH]cc(-c2ccncc2)cc1NC1CCCNC1. The fraction of sp³-hybridized carbons (Fsp3) is 0.333. The average molecular weight is 270 g/mol. The molecule has 3 rings (SSSR count). The summed E-state index contributed by atoms with van der Waals surface area (Å²) in [7, 11) is 0. The van der Waals surface area contributed by atoms with Crippen molar-refractivity contribution in [2.75, 3.05) is 18.4 Å². The number of piperidine rings is 1. The van der Waals surface area contributed by atoms with Gasteiger partial charge in [0.25, 0.3) is 5.56 Å². The van der Waals surface area contributed by atoms with Crippen molar-refractivity contribution in [2.24, 2.45) is 0 Å². The molecule has 2 aromatic rings. The number of nitrogens with one attached hydrogen (secondary N) is 3. The van der Waals surface area contributed by atoms with E-state index in [-0.39, 0.29) is 5.56 Å². The average Bonchev–Trinajstić information content (AvgIpc) is 2.51. The van der Waals surface area contributed by atoms with Crippen molar-refractivity contribution in [1.82, 2.24) is 15.3 Å². The van der Waals surface area contributed by atoms with Gasteiger partial charge in [-0.05, 0) is 43.1 Å². The summed E-state index contributed by atoms with van der Waals surface area (Å²) in [5, 5.41) is 6.68. The zero-order chi connectivity index (χ0) is 13.8. The predicted octanol–water partition coefficient (Wildman–Crippen LogP) is 1.60. The number of pyridine rings is 2. The quantitative estimate of drug-likeness (QED) is 0.792. The number of aromatic nitrogens is 2. The van der Waals surface area contributed by atoms with Gasteiger partial charge in [0.15, 0.2) is 0 Å². The van der Waals surface area contributed by atoms with E-state index in [1.807, 2.05) is 18.2 Å². The van der Waals surface area contributed by atoms with Crippen LogP contribution in [0.25, 0.3) is 11.1 Å². The Morgan fingerprint density at radius 2 is 2.10 bits per heavy atom. The van der Waals surface area contributed by atoms with Crippen LogP contribution in [0.3, 0.4) is 0 Å². The van der Waals surface area contributed by atoms with Gasteiger partial charge in [0, 0.05) is 36.7 Å². The number of hydrogen-bond acceptors (Lipinski definition) is 4. The van der Waals surface area contributed by atoms with E-state index in [0.29, 0.717) is 11.7 Å². The van der Waals surface area contributed by atoms with Crippen molar-refractivity contribution < 1.29 is 0 Å². The standard InChI is InChI=1S/C15H18N4O/c20-15-14(19-13-2-1-5-17-10-13)8-12(9-18-15)11-3-6-16-7-4-11/h3-4,6-9,13,17,19H,1-2,5,10H2,(H,18,20). The minimum atomic E-state index is -0.0756. The Bertz CT molecular complexity index is 617. The van der Waals surface area contributed by atoms with Crippen LogP contribution in [0, 0.1) is 0 Å². The summed E-state index contributed by atoms with van der Waals surface area (Å²) in [6.45, 7) is 1.96. The van der Waals surface area contributed by atoms with Crippen molar-refractivity contribution in [3.05, 3.63) is 47.1 Å². The van der Waals surface area contributed by atoms with Crippen LogP contribution in [0.5, 0.6) is 0 Å². The summed E-state index contributed by atoms with van der Waals surface area (Å²) in [6, 6.07) is 6.08. The molecule has 3 heterocycles. The molecular formula is C15H18N4O. The van der Waals surface area contributed by atoms with E-state index in [2.05, 4.69) is 20.6 Å². The van der Waals surface area contributed by atoms with E-state index in [1.165, 1.54) is 0 Å². The van der Waals surface area contributed by atoms with Gasteiger partial charge >= 0.3 is 0 Å². The molecule has 0 aliphatic carbocycles. The second kappa shape index (κ2) is 5.88. The van der Waals surface area contributed by atoms with E-state index in [1.54, 1.807) is 18.6 Å². The summed E-state index contributed by atoms with van der Waals surface area (Å²) < 4.78 is 0. The van der Waals surface area contributed by atoms with Crippen LogP contribution in [0.4, 0.5) is 5.69 Å². The monoisotopic (exact) mass is 270 g/mol. The van der Waals surface area contributed by atoms with Gasteiger partial charge in [-0.1, -0.05) is 0 Å². The van der Waals surface area contributed by atoms with Crippen molar-refractivity contribution in [1.29, 1.82) is 0 Å². The molecule has 3 N–H and O–H groups in total. The van der Waals surface area contributed by atoms with Gasteiger partial charge in [-0.3, -0.25) is 9.78 Å². The van der Waals surface area contributed by atoms with Gasteiger partial charge in [-0.15, -0.1) is 0 Å². The zero-order valence-corrected chi connectivity index (χ0v) is 11.2. The van der Waals surface area contributed by atoms with Crippen molar-refractivity contribution >= 4 is 5.69 Å². The van der Waals surface area contributed by atoms with Gasteiger partial charge in [0.2, 0.25) is 0 Å². The Balaban J connectivity index is 1.85. The maximum absolute atomic E-state index is 11.9. The highest BCUT2D eigenvalue weighted by atomic mass is 16.1. The molecule has 5 heteroatoms. The topological polar surface area (TPSA) is 69.8 Å². The summed E-state index contributed by atoms with van der Waals surface area (Å²) in [5.41, 5.74) is 2.58. The first-order valence-electron chi connectivity index (χ1n) is 6.93. The van der Waals surface area contributed by atoms with E-state index in [9.17, 15) is 4.79 Å². The van der Waals surface area contributed by atoms with Gasteiger partial charge < -0.3 is 15.6 Å². The Labute approximate surface area is 117 Å². The minimum Gasteiger partial charge on any atom is -0.377 e. The lowest BCUT2D eigenvalue weighted by Crippen LogP contribution is -2.39. The lowest BCUT2D eigenvalue weighted by Gasteiger charge is -2.24. The van der Waals surface area contributed by atoms with Crippen LogP contribution in [0.15, 0.2) is 41.6 Å². The Morgan fingerprint density at radius 1 is 1.25 bits per heavy atom. The highest BCUT2D eigenvalue weighted by Crippen LogP contribution is 2.19. The molecule has 104 valence electrons. The predicted molar refractivity (Wildman–Crippen MR) is 79.8 cm³/mol. The Hall–Kier alpha value is -2.14. The normalized spacial score (nSPS) is 18.7. The molecular weight excluding hydrogens is 252 g/mol. The molecule has 1 saturated heterocycles. The molecule has 5 nitrogen and oxygen atoms in total. The third-order valence-electron chi connectivity index (χ3n) is 3.57. The van der Waals surface area contributed by atoms with Crippen molar-refractivity contribution in [3.8, 4) is 11.1 Å². The molecule has 0 amide bonds. The van der Waals surface area contributed by atoms with Gasteiger partial charge in [0.1, 0.15) is 5.69 Å². The molecule has 0 spiro atoms. The van der Waals surface area contributed by atoms with E-state index in [4.69, 9.17) is 0 Å². The number of nitrogens with zero attached hydrogens (tertiary/aromatic N) is 1. The first-order valence-corrected chi connectivity index (χ1v) is 6.93. The van der Waals surface area contributed by atoms with Crippen molar-refractivity contribution in [2.45, 2.75) is 18.9 Å². The van der Waals surface area contributed by atoms with Crippen LogP contribution in [0.1, 0.15) is 12.8 Å². The van der Waals surface area contributed by atoms with Gasteiger partial charge in [-0.25, -0.2) is 0 Å². The summed E-state index contributed by atoms with van der Waals surface area (Å²) in [4.78, 5) is 18.7. The van der Waals surface area contributed by atoms with E-state index >= 15 is 0 Å². The van der Waals surface area contributed by atoms with Crippen LogP contribution in [-0.4, -0.2) is 29.1 Å². The van der Waals surface area contributed by atoms with E-state index < -0.39 is 0 Å². The zero-order valence-electron chi connectivity index (χ0n) is 11.2. The fourth-order valence-corrected chi connectivity index (χ4v) is 2.50. The number of anilines is 1. The van der Waals surface area contributed by atoms with Crippen LogP contribution < -0.4 is 16.2 Å². The molecule has 1 aliphatic rings. The summed E-state index contributed by atoms with van der Waals surface area (Å²) in [5.74, 6) is 0. The highest BCUT2D eigenvalue weighted by molar-refractivity contribution is 5.66. The van der Waals surface area contributed by atoms with Crippen LogP contribution in [-0.2, 0) is 0 Å². The van der Waals surface area contributed by atoms with Gasteiger partial charge in [0.05, 0.1) is 0 Å². The number of hydrogen-bond donors (Lipinski definition) is 3. The third-order valence-corrected chi connectivity index (χ3v) is 3.57. The minimum absolute atomic E-state index is 0.0756. The molecule has 1 aliphatic heterocycles. The fourth-order valence-electron chi connectivity index (χ4n) is 2.50. The molecule has 1 unspecified atom stereocenters. The molecule has 20 heavy (non-hydrogen) atoms. The maximum Gasteiger partial charge on any atom is 0.271 e. The van der Waals surface area contributed by atoms with Crippen LogP contribution >= 0.6 is 0 Å². The first kappa shape index (κ1) is 12.9. The molecule has 0 radical (unpaired) electrons. The van der Waals surface area contributed by atoms with E-state index in [0.717, 1.165) is 37.1 Å². The Morgan fingerprint density at radius 3 is 2.85 bits per heavy atom. The molecule has 0 saturated carbocycles. The second-order valence-corrected chi connectivity index (χ2v) is 5.05. The summed E-state index contributed by atoms with van der Waals surface area (Å²) in [6.07, 6.45) is 7.46. The second-order valence-electron chi connectivity index (χ2n) is 5.05. The highest BCUT2D eigenvalue weighted by Gasteiger charge is 2.14. The van der Waals surface area contributed by atoms with Crippen molar-refractivity contribution in [3.63, 3.8) is 0 Å². The Kier molecular flexibility index (Phi) is 3.78. The molecule has 1 fully saturated rings. The van der Waals surface area contributed by atoms with Crippen LogP contribution in [0.2, 0.25) is 0 Å². The maximum atomic E-state index is 11.9. The molecule has 1 atom stereocenters. The lowest BCUT2D eigenvalue weighted by atomic mass is 10.1. The molecule has 0 bridgehead atoms.